The third kappa shape index (κ3) is 1.19. The Kier molecular flexibility index (Phi) is 2.02. The molecule has 0 unspecified atom stereocenters. The Bertz CT molecular complexity index is 528. The summed E-state index contributed by atoms with van der Waals surface area (Å²) in [5.41, 5.74) is 7.94. The van der Waals surface area contributed by atoms with Gasteiger partial charge in [0, 0.05) is 6.04 Å². The molecule has 0 amide bonds. The highest BCUT2D eigenvalue weighted by Crippen LogP contribution is 2.38. The molecule has 0 saturated heterocycles. The summed E-state index contributed by atoms with van der Waals surface area (Å²) in [6.07, 6.45) is 3.65. The van der Waals surface area contributed by atoms with E-state index in [4.69, 9.17) is 10.5 Å². The van der Waals surface area contributed by atoms with Gasteiger partial charge in [-0.25, -0.2) is 4.98 Å². The molecule has 1 aromatic carbocycles. The normalized spacial score (nSPS) is 16.3. The van der Waals surface area contributed by atoms with Crippen LogP contribution in [0.3, 0.4) is 0 Å². The largest absolute Gasteiger partial charge is 0.494 e. The molecule has 0 bridgehead atoms. The van der Waals surface area contributed by atoms with Crippen molar-refractivity contribution < 1.29 is 4.74 Å². The van der Waals surface area contributed by atoms with Crippen molar-refractivity contribution in [2.75, 3.05) is 12.8 Å². The van der Waals surface area contributed by atoms with Gasteiger partial charge in [0.2, 0.25) is 5.95 Å². The first-order valence-electron chi connectivity index (χ1n) is 5.61. The van der Waals surface area contributed by atoms with Gasteiger partial charge < -0.3 is 15.0 Å². The van der Waals surface area contributed by atoms with Crippen molar-refractivity contribution in [1.29, 1.82) is 0 Å². The summed E-state index contributed by atoms with van der Waals surface area (Å²) in [6.45, 7) is 0. The zero-order valence-corrected chi connectivity index (χ0v) is 9.31. The molecule has 0 aliphatic heterocycles. The molecule has 2 aromatic rings. The fraction of sp³-hybridized carbons (Fsp3) is 0.417. The molecule has 0 radical (unpaired) electrons. The smallest absolute Gasteiger partial charge is 0.201 e. The van der Waals surface area contributed by atoms with E-state index < -0.39 is 0 Å². The van der Waals surface area contributed by atoms with Crippen LogP contribution in [-0.4, -0.2) is 16.7 Å². The van der Waals surface area contributed by atoms with Gasteiger partial charge in [-0.15, -0.1) is 0 Å². The second-order valence-electron chi connectivity index (χ2n) is 4.25. The number of hydrogen-bond acceptors (Lipinski definition) is 3. The highest BCUT2D eigenvalue weighted by atomic mass is 16.5. The van der Waals surface area contributed by atoms with E-state index in [1.807, 2.05) is 18.2 Å². The lowest BCUT2D eigenvalue weighted by atomic mass is 9.93. The Balaban J connectivity index is 2.27. The minimum atomic E-state index is 0.501. The topological polar surface area (TPSA) is 53.1 Å². The maximum Gasteiger partial charge on any atom is 0.201 e. The van der Waals surface area contributed by atoms with Gasteiger partial charge in [-0.3, -0.25) is 0 Å². The zero-order valence-electron chi connectivity index (χ0n) is 9.31. The third-order valence-corrected chi connectivity index (χ3v) is 3.36. The summed E-state index contributed by atoms with van der Waals surface area (Å²) >= 11 is 0. The highest BCUT2D eigenvalue weighted by molar-refractivity contribution is 5.84. The summed E-state index contributed by atoms with van der Waals surface area (Å²) in [6, 6.07) is 6.38. The number of imidazole rings is 1. The van der Waals surface area contributed by atoms with Gasteiger partial charge in [-0.05, 0) is 31.4 Å². The Morgan fingerprint density at radius 3 is 2.88 bits per heavy atom. The predicted octanol–water partition coefficient (Wildman–Crippen LogP) is 2.35. The summed E-state index contributed by atoms with van der Waals surface area (Å²) in [5.74, 6) is 1.46. The first-order chi connectivity index (χ1) is 7.81. The average molecular weight is 217 g/mol. The SMILES string of the molecule is COc1cccc2nc(N)n(C3CCC3)c12. The number of nitrogen functional groups attached to an aromatic ring is 1. The van der Waals surface area contributed by atoms with Gasteiger partial charge in [0.25, 0.3) is 0 Å². The van der Waals surface area contributed by atoms with E-state index in [9.17, 15) is 0 Å². The Hall–Kier alpha value is -1.71. The molecule has 4 heteroatoms. The number of methoxy groups -OCH3 is 1. The standard InChI is InChI=1S/C12H15N3O/c1-16-10-7-3-6-9-11(10)15(12(13)14-9)8-4-2-5-8/h3,6-8H,2,4-5H2,1H3,(H2,13,14). The zero-order chi connectivity index (χ0) is 11.1. The van der Waals surface area contributed by atoms with Crippen molar-refractivity contribution in [3.63, 3.8) is 0 Å². The molecular formula is C12H15N3O. The summed E-state index contributed by atoms with van der Waals surface area (Å²) < 4.78 is 7.51. The monoisotopic (exact) mass is 217 g/mol. The van der Waals surface area contributed by atoms with Crippen LogP contribution in [0.2, 0.25) is 0 Å². The Morgan fingerprint density at radius 2 is 2.25 bits per heavy atom. The number of nitrogens with two attached hydrogens (primary N) is 1. The van der Waals surface area contributed by atoms with Crippen molar-refractivity contribution in [2.24, 2.45) is 0 Å². The first-order valence-corrected chi connectivity index (χ1v) is 5.61. The van der Waals surface area contributed by atoms with Crippen molar-refractivity contribution in [3.8, 4) is 5.75 Å². The molecule has 1 aliphatic rings. The minimum absolute atomic E-state index is 0.501. The Morgan fingerprint density at radius 1 is 1.44 bits per heavy atom. The summed E-state index contributed by atoms with van der Waals surface area (Å²) in [7, 11) is 1.68. The number of benzene rings is 1. The first kappa shape index (κ1) is 9.51. The fourth-order valence-corrected chi connectivity index (χ4v) is 2.31. The quantitative estimate of drug-likeness (QED) is 0.840. The summed E-state index contributed by atoms with van der Waals surface area (Å²) in [4.78, 5) is 4.39. The molecule has 4 nitrogen and oxygen atoms in total. The van der Waals surface area contributed by atoms with Crippen LogP contribution in [0.25, 0.3) is 11.0 Å². The summed E-state index contributed by atoms with van der Waals surface area (Å²) in [5, 5.41) is 0. The lowest BCUT2D eigenvalue weighted by molar-refractivity contribution is 0.321. The second kappa shape index (κ2) is 3.40. The molecule has 3 rings (SSSR count). The number of hydrogen-bond donors (Lipinski definition) is 1. The molecule has 0 spiro atoms. The van der Waals surface area contributed by atoms with Crippen LogP contribution in [0.5, 0.6) is 5.75 Å². The highest BCUT2D eigenvalue weighted by Gasteiger charge is 2.25. The van der Waals surface area contributed by atoms with E-state index in [1.54, 1.807) is 7.11 Å². The van der Waals surface area contributed by atoms with Gasteiger partial charge in [-0.2, -0.15) is 0 Å². The number of anilines is 1. The van der Waals surface area contributed by atoms with Gasteiger partial charge in [0.1, 0.15) is 11.3 Å². The maximum absolute atomic E-state index is 5.98. The number of fused-ring (bicyclic) bond motifs is 1. The van der Waals surface area contributed by atoms with E-state index in [-0.39, 0.29) is 0 Å². The van der Waals surface area contributed by atoms with Gasteiger partial charge in [-0.1, -0.05) is 6.07 Å². The number of aromatic nitrogens is 2. The average Bonchev–Trinajstić information content (AvgIpc) is 2.53. The number of para-hydroxylation sites is 1. The molecule has 1 heterocycles. The second-order valence-corrected chi connectivity index (χ2v) is 4.25. The van der Waals surface area contributed by atoms with Crippen LogP contribution < -0.4 is 10.5 Å². The van der Waals surface area contributed by atoms with Gasteiger partial charge >= 0.3 is 0 Å². The van der Waals surface area contributed by atoms with Crippen molar-refractivity contribution >= 4 is 17.0 Å². The van der Waals surface area contributed by atoms with Crippen LogP contribution in [0.1, 0.15) is 25.3 Å². The van der Waals surface area contributed by atoms with Crippen molar-refractivity contribution in [1.82, 2.24) is 9.55 Å². The third-order valence-electron chi connectivity index (χ3n) is 3.36. The van der Waals surface area contributed by atoms with Crippen molar-refractivity contribution in [2.45, 2.75) is 25.3 Å². The molecule has 84 valence electrons. The molecule has 1 aliphatic carbocycles. The molecule has 1 saturated carbocycles. The molecule has 0 atom stereocenters. The lowest BCUT2D eigenvalue weighted by Crippen LogP contribution is -2.18. The Labute approximate surface area is 94.0 Å². The number of nitrogens with zero attached hydrogens (tertiary/aromatic N) is 2. The van der Waals surface area contributed by atoms with Gasteiger partial charge in [0.05, 0.1) is 12.6 Å². The van der Waals surface area contributed by atoms with E-state index in [0.717, 1.165) is 16.8 Å². The number of rotatable bonds is 2. The fourth-order valence-electron chi connectivity index (χ4n) is 2.31. The van der Waals surface area contributed by atoms with E-state index in [0.29, 0.717) is 12.0 Å². The predicted molar refractivity (Wildman–Crippen MR) is 63.6 cm³/mol. The maximum atomic E-state index is 5.98. The van der Waals surface area contributed by atoms with Crippen LogP contribution in [0.4, 0.5) is 5.95 Å². The van der Waals surface area contributed by atoms with Crippen LogP contribution >= 0.6 is 0 Å². The number of ether oxygens (including phenoxy) is 1. The molecule has 2 N–H and O–H groups in total. The lowest BCUT2D eigenvalue weighted by Gasteiger charge is -2.28. The van der Waals surface area contributed by atoms with E-state index >= 15 is 0 Å². The van der Waals surface area contributed by atoms with Crippen LogP contribution in [0.15, 0.2) is 18.2 Å². The van der Waals surface area contributed by atoms with E-state index in [1.165, 1.54) is 19.3 Å². The van der Waals surface area contributed by atoms with Crippen molar-refractivity contribution in [3.05, 3.63) is 18.2 Å². The molecule has 1 fully saturated rings. The molecule has 16 heavy (non-hydrogen) atoms. The molecular weight excluding hydrogens is 202 g/mol. The van der Waals surface area contributed by atoms with Gasteiger partial charge in [0.15, 0.2) is 0 Å². The molecule has 1 aromatic heterocycles. The van der Waals surface area contributed by atoms with E-state index in [2.05, 4.69) is 9.55 Å². The van der Waals surface area contributed by atoms with Crippen LogP contribution in [0, 0.1) is 0 Å². The van der Waals surface area contributed by atoms with Crippen LogP contribution in [-0.2, 0) is 0 Å². The minimum Gasteiger partial charge on any atom is -0.494 e.